The first kappa shape index (κ1) is 13.0. The fourth-order valence-electron chi connectivity index (χ4n) is 3.23. The first-order chi connectivity index (χ1) is 10.8. The SMILES string of the molecule is COc1ccc2c(c1)c1c(-c3ccccc3)cccc1n2C. The Morgan fingerprint density at radius 1 is 0.818 bits per heavy atom. The summed E-state index contributed by atoms with van der Waals surface area (Å²) in [5.74, 6) is 0.892. The number of ether oxygens (including phenoxy) is 1. The average Bonchev–Trinajstić information content (AvgIpc) is 2.88. The Bertz CT molecular complexity index is 967. The van der Waals surface area contributed by atoms with Crippen LogP contribution in [0.15, 0.2) is 66.7 Å². The summed E-state index contributed by atoms with van der Waals surface area (Å²) in [5.41, 5.74) is 4.96. The Morgan fingerprint density at radius 2 is 1.64 bits per heavy atom. The molecule has 1 heterocycles. The Labute approximate surface area is 129 Å². The maximum atomic E-state index is 5.42. The third-order valence-electron chi connectivity index (χ3n) is 4.32. The predicted molar refractivity (Wildman–Crippen MR) is 92.4 cm³/mol. The van der Waals surface area contributed by atoms with Gasteiger partial charge in [-0.1, -0.05) is 42.5 Å². The minimum absolute atomic E-state index is 0.892. The summed E-state index contributed by atoms with van der Waals surface area (Å²) >= 11 is 0. The molecule has 0 aliphatic rings. The second kappa shape index (κ2) is 4.92. The molecule has 4 rings (SSSR count). The molecule has 108 valence electrons. The molecule has 0 fully saturated rings. The summed E-state index contributed by atoms with van der Waals surface area (Å²) in [7, 11) is 3.83. The highest BCUT2D eigenvalue weighted by Crippen LogP contribution is 2.37. The zero-order valence-electron chi connectivity index (χ0n) is 12.7. The van der Waals surface area contributed by atoms with E-state index >= 15 is 0 Å². The molecule has 2 heteroatoms. The number of hydrogen-bond acceptors (Lipinski definition) is 1. The highest BCUT2D eigenvalue weighted by molar-refractivity contribution is 6.15. The van der Waals surface area contributed by atoms with Crippen molar-refractivity contribution in [3.05, 3.63) is 66.7 Å². The van der Waals surface area contributed by atoms with Crippen molar-refractivity contribution in [2.45, 2.75) is 0 Å². The monoisotopic (exact) mass is 287 g/mol. The number of fused-ring (bicyclic) bond motifs is 3. The number of methoxy groups -OCH3 is 1. The summed E-state index contributed by atoms with van der Waals surface area (Å²) in [6.07, 6.45) is 0. The van der Waals surface area contributed by atoms with Gasteiger partial charge in [0.05, 0.1) is 7.11 Å². The second-order valence-electron chi connectivity index (χ2n) is 5.51. The second-order valence-corrected chi connectivity index (χ2v) is 5.51. The normalized spacial score (nSPS) is 11.2. The lowest BCUT2D eigenvalue weighted by atomic mass is 9.99. The maximum absolute atomic E-state index is 5.42. The van der Waals surface area contributed by atoms with Crippen LogP contribution >= 0.6 is 0 Å². The van der Waals surface area contributed by atoms with Crippen LogP contribution in [-0.2, 0) is 7.05 Å². The number of benzene rings is 3. The van der Waals surface area contributed by atoms with Crippen molar-refractivity contribution in [1.29, 1.82) is 0 Å². The highest BCUT2D eigenvalue weighted by Gasteiger charge is 2.13. The Kier molecular flexibility index (Phi) is 2.90. The van der Waals surface area contributed by atoms with Gasteiger partial charge in [-0.25, -0.2) is 0 Å². The van der Waals surface area contributed by atoms with Gasteiger partial charge in [0, 0.05) is 28.9 Å². The minimum atomic E-state index is 0.892. The van der Waals surface area contributed by atoms with E-state index < -0.39 is 0 Å². The van der Waals surface area contributed by atoms with Crippen molar-refractivity contribution in [3.8, 4) is 16.9 Å². The fraction of sp³-hybridized carbons (Fsp3) is 0.100. The van der Waals surface area contributed by atoms with Gasteiger partial charge in [0.2, 0.25) is 0 Å². The van der Waals surface area contributed by atoms with Gasteiger partial charge in [-0.3, -0.25) is 0 Å². The molecular formula is C20H17NO. The summed E-state index contributed by atoms with van der Waals surface area (Å²) in [6, 6.07) is 23.3. The molecule has 0 N–H and O–H groups in total. The van der Waals surface area contributed by atoms with Gasteiger partial charge in [0.1, 0.15) is 5.75 Å². The van der Waals surface area contributed by atoms with Crippen LogP contribution in [0.2, 0.25) is 0 Å². The van der Waals surface area contributed by atoms with Crippen molar-refractivity contribution >= 4 is 21.8 Å². The van der Waals surface area contributed by atoms with E-state index in [1.165, 1.54) is 32.9 Å². The van der Waals surface area contributed by atoms with Crippen LogP contribution in [0.1, 0.15) is 0 Å². The number of aromatic nitrogens is 1. The number of nitrogens with zero attached hydrogens (tertiary/aromatic N) is 1. The molecule has 0 unspecified atom stereocenters. The molecule has 0 saturated heterocycles. The third kappa shape index (κ3) is 1.81. The van der Waals surface area contributed by atoms with Crippen molar-refractivity contribution in [2.75, 3.05) is 7.11 Å². The van der Waals surface area contributed by atoms with E-state index in [4.69, 9.17) is 4.74 Å². The van der Waals surface area contributed by atoms with Crippen LogP contribution in [0.5, 0.6) is 5.75 Å². The van der Waals surface area contributed by atoms with Crippen molar-refractivity contribution < 1.29 is 4.74 Å². The van der Waals surface area contributed by atoms with Crippen LogP contribution < -0.4 is 4.74 Å². The molecule has 22 heavy (non-hydrogen) atoms. The average molecular weight is 287 g/mol. The zero-order chi connectivity index (χ0) is 15.1. The lowest BCUT2D eigenvalue weighted by Crippen LogP contribution is -1.87. The van der Waals surface area contributed by atoms with Gasteiger partial charge >= 0.3 is 0 Å². The van der Waals surface area contributed by atoms with Gasteiger partial charge < -0.3 is 9.30 Å². The van der Waals surface area contributed by atoms with Crippen molar-refractivity contribution in [1.82, 2.24) is 4.57 Å². The van der Waals surface area contributed by atoms with Crippen molar-refractivity contribution in [3.63, 3.8) is 0 Å². The number of hydrogen-bond donors (Lipinski definition) is 0. The molecule has 0 spiro atoms. The standard InChI is InChI=1S/C20H17NO/c1-21-18-12-11-15(22-2)13-17(18)20-16(9-6-10-19(20)21)14-7-4-3-5-8-14/h3-13H,1-2H3. The Morgan fingerprint density at radius 3 is 2.41 bits per heavy atom. The quantitative estimate of drug-likeness (QED) is 0.505. The molecule has 0 amide bonds. The molecule has 0 aliphatic carbocycles. The molecule has 1 aromatic heterocycles. The predicted octanol–water partition coefficient (Wildman–Crippen LogP) is 5.01. The van der Waals surface area contributed by atoms with E-state index in [2.05, 4.69) is 72.3 Å². The number of rotatable bonds is 2. The molecule has 0 saturated carbocycles. The van der Waals surface area contributed by atoms with E-state index in [-0.39, 0.29) is 0 Å². The third-order valence-corrected chi connectivity index (χ3v) is 4.32. The van der Waals surface area contributed by atoms with Gasteiger partial charge in [-0.05, 0) is 35.4 Å². The molecule has 0 bridgehead atoms. The largest absolute Gasteiger partial charge is 0.497 e. The lowest BCUT2D eigenvalue weighted by Gasteiger charge is -2.05. The Balaban J connectivity index is 2.17. The van der Waals surface area contributed by atoms with Crippen LogP contribution in [0.4, 0.5) is 0 Å². The number of aryl methyl sites for hydroxylation is 1. The summed E-state index contributed by atoms with van der Waals surface area (Å²) < 4.78 is 7.66. The molecule has 2 nitrogen and oxygen atoms in total. The first-order valence-electron chi connectivity index (χ1n) is 7.40. The summed E-state index contributed by atoms with van der Waals surface area (Å²) in [6.45, 7) is 0. The van der Waals surface area contributed by atoms with Crippen LogP contribution in [0.25, 0.3) is 32.9 Å². The molecule has 3 aromatic carbocycles. The zero-order valence-corrected chi connectivity index (χ0v) is 12.7. The van der Waals surface area contributed by atoms with Crippen molar-refractivity contribution in [2.24, 2.45) is 7.05 Å². The van der Waals surface area contributed by atoms with E-state index in [0.717, 1.165) is 5.75 Å². The minimum Gasteiger partial charge on any atom is -0.497 e. The van der Waals surface area contributed by atoms with E-state index in [0.29, 0.717) is 0 Å². The van der Waals surface area contributed by atoms with Crippen LogP contribution in [0.3, 0.4) is 0 Å². The molecule has 0 radical (unpaired) electrons. The van der Waals surface area contributed by atoms with Crippen LogP contribution in [0, 0.1) is 0 Å². The highest BCUT2D eigenvalue weighted by atomic mass is 16.5. The first-order valence-corrected chi connectivity index (χ1v) is 7.40. The van der Waals surface area contributed by atoms with Gasteiger partial charge in [0.25, 0.3) is 0 Å². The lowest BCUT2D eigenvalue weighted by molar-refractivity contribution is 0.415. The van der Waals surface area contributed by atoms with Gasteiger partial charge in [0.15, 0.2) is 0 Å². The van der Waals surface area contributed by atoms with E-state index in [1.54, 1.807) is 7.11 Å². The smallest absolute Gasteiger partial charge is 0.119 e. The molecular weight excluding hydrogens is 270 g/mol. The Hall–Kier alpha value is -2.74. The maximum Gasteiger partial charge on any atom is 0.119 e. The summed E-state index contributed by atoms with van der Waals surface area (Å²) in [5, 5.41) is 2.52. The van der Waals surface area contributed by atoms with Gasteiger partial charge in [-0.15, -0.1) is 0 Å². The topological polar surface area (TPSA) is 14.2 Å². The summed E-state index contributed by atoms with van der Waals surface area (Å²) in [4.78, 5) is 0. The van der Waals surface area contributed by atoms with Gasteiger partial charge in [-0.2, -0.15) is 0 Å². The van der Waals surface area contributed by atoms with E-state index in [9.17, 15) is 0 Å². The molecule has 0 aliphatic heterocycles. The molecule has 0 atom stereocenters. The van der Waals surface area contributed by atoms with E-state index in [1.807, 2.05) is 6.07 Å². The fourth-order valence-corrected chi connectivity index (χ4v) is 3.23. The van der Waals surface area contributed by atoms with Crippen LogP contribution in [-0.4, -0.2) is 11.7 Å². The molecule has 4 aromatic rings.